The fourth-order valence-corrected chi connectivity index (χ4v) is 4.57. The van der Waals surface area contributed by atoms with Crippen molar-refractivity contribution in [3.05, 3.63) is 97.2 Å². The van der Waals surface area contributed by atoms with E-state index < -0.39 is 51.8 Å². The number of unbranched alkanes of at least 4 members (excludes halogenated alkanes) is 6. The Hall–Kier alpha value is -3.11. The number of aliphatic hydroxyl groups is 2. The van der Waals surface area contributed by atoms with Crippen molar-refractivity contribution in [3.8, 4) is 0 Å². The number of hydrogen-bond acceptors (Lipinski definition) is 9. The third-order valence-corrected chi connectivity index (χ3v) is 7.37. The van der Waals surface area contributed by atoms with Crippen LogP contribution in [0, 0.1) is 0 Å². The first kappa shape index (κ1) is 45.9. The number of rotatable bonds is 30. The fourth-order valence-electron chi connectivity index (χ4n) is 3.78. The summed E-state index contributed by atoms with van der Waals surface area (Å²) in [6.07, 6.45) is 38.3. The van der Waals surface area contributed by atoms with Gasteiger partial charge in [0, 0.05) is 12.8 Å². The Morgan fingerprint density at radius 1 is 0.612 bits per heavy atom. The Morgan fingerprint density at radius 2 is 1.08 bits per heavy atom. The van der Waals surface area contributed by atoms with E-state index in [-0.39, 0.29) is 19.4 Å². The highest BCUT2D eigenvalue weighted by atomic mass is 31.2. The molecule has 0 aromatic heterocycles. The number of hydrogen-bond donors (Lipinski definition) is 3. The average molecular weight is 707 g/mol. The summed E-state index contributed by atoms with van der Waals surface area (Å²) < 4.78 is 32.4. The van der Waals surface area contributed by atoms with Crippen molar-refractivity contribution in [1.82, 2.24) is 0 Å². The first-order valence-electron chi connectivity index (χ1n) is 17.3. The van der Waals surface area contributed by atoms with Gasteiger partial charge in [0.05, 0.1) is 19.8 Å². The molecule has 0 aliphatic heterocycles. The predicted octanol–water partition coefficient (Wildman–Crippen LogP) is 8.10. The summed E-state index contributed by atoms with van der Waals surface area (Å²) in [4.78, 5) is 34.7. The highest BCUT2D eigenvalue weighted by molar-refractivity contribution is 7.47. The van der Waals surface area contributed by atoms with E-state index >= 15 is 0 Å². The molecule has 0 aromatic rings. The van der Waals surface area contributed by atoms with Crippen LogP contribution in [-0.4, -0.2) is 65.7 Å². The maximum atomic E-state index is 12.5. The quantitative estimate of drug-likeness (QED) is 0.0290. The molecule has 0 aromatic carbocycles. The minimum atomic E-state index is -4.64. The van der Waals surface area contributed by atoms with E-state index in [0.717, 1.165) is 44.9 Å². The second kappa shape index (κ2) is 33.4. The molecule has 11 heteroatoms. The maximum Gasteiger partial charge on any atom is 0.472 e. The molecule has 0 rings (SSSR count). The van der Waals surface area contributed by atoms with Crippen LogP contribution in [0.1, 0.15) is 90.9 Å². The molecule has 3 N–H and O–H groups in total. The zero-order chi connectivity index (χ0) is 36.3. The number of aliphatic hydroxyl groups excluding tert-OH is 2. The van der Waals surface area contributed by atoms with Gasteiger partial charge in [-0.25, -0.2) is 4.57 Å². The number of ether oxygens (including phenoxy) is 2. The van der Waals surface area contributed by atoms with Gasteiger partial charge in [0.15, 0.2) is 6.10 Å². The van der Waals surface area contributed by atoms with Gasteiger partial charge in [0.2, 0.25) is 0 Å². The fraction of sp³-hybridized carbons (Fsp3) is 0.526. The molecule has 0 heterocycles. The van der Waals surface area contributed by atoms with Crippen LogP contribution >= 0.6 is 7.82 Å². The van der Waals surface area contributed by atoms with E-state index in [9.17, 15) is 24.2 Å². The average Bonchev–Trinajstić information content (AvgIpc) is 3.09. The molecule has 10 nitrogen and oxygen atoms in total. The van der Waals surface area contributed by atoms with Crippen LogP contribution in [0.4, 0.5) is 0 Å². The Bertz CT molecular complexity index is 1130. The van der Waals surface area contributed by atoms with Crippen molar-refractivity contribution in [3.63, 3.8) is 0 Å². The SMILES string of the molecule is CC/C=C/C=C/C=C/C=C/C=C/CCCC(=O)OC(COC(=O)CCCCCCC/C=C/C=C/C=C/CC)COP(=O)(O)OC[C@@H](O)CO. The first-order valence-corrected chi connectivity index (χ1v) is 18.8. The Balaban J connectivity index is 4.61. The van der Waals surface area contributed by atoms with Gasteiger partial charge < -0.3 is 24.6 Å². The van der Waals surface area contributed by atoms with E-state index in [1.54, 1.807) is 0 Å². The van der Waals surface area contributed by atoms with Crippen LogP contribution in [0.5, 0.6) is 0 Å². The van der Waals surface area contributed by atoms with Crippen LogP contribution in [-0.2, 0) is 32.7 Å². The molecule has 0 saturated heterocycles. The maximum absolute atomic E-state index is 12.5. The summed E-state index contributed by atoms with van der Waals surface area (Å²) in [7, 11) is -4.64. The third kappa shape index (κ3) is 33.2. The molecule has 3 atom stereocenters. The Kier molecular flexibility index (Phi) is 31.3. The number of phosphoric ester groups is 1. The molecule has 49 heavy (non-hydrogen) atoms. The molecular weight excluding hydrogens is 647 g/mol. The van der Waals surface area contributed by atoms with Crippen molar-refractivity contribution >= 4 is 19.8 Å². The summed E-state index contributed by atoms with van der Waals surface area (Å²) in [5, 5.41) is 18.2. The molecular formula is C38H59O10P. The van der Waals surface area contributed by atoms with Gasteiger partial charge in [-0.2, -0.15) is 0 Å². The normalized spacial score (nSPS) is 15.3. The number of esters is 2. The highest BCUT2D eigenvalue weighted by Gasteiger charge is 2.27. The van der Waals surface area contributed by atoms with Crippen LogP contribution < -0.4 is 0 Å². The highest BCUT2D eigenvalue weighted by Crippen LogP contribution is 2.43. The molecule has 0 bridgehead atoms. The van der Waals surface area contributed by atoms with E-state index in [4.69, 9.17) is 19.1 Å². The molecule has 0 amide bonds. The van der Waals surface area contributed by atoms with Crippen LogP contribution in [0.25, 0.3) is 0 Å². The van der Waals surface area contributed by atoms with Gasteiger partial charge in [-0.3, -0.25) is 18.6 Å². The topological polar surface area (TPSA) is 149 Å². The molecule has 0 fully saturated rings. The molecule has 0 saturated carbocycles. The van der Waals surface area contributed by atoms with Crippen molar-refractivity contribution in [2.24, 2.45) is 0 Å². The number of allylic oxidation sites excluding steroid dienone is 16. The molecule has 0 aliphatic carbocycles. The number of carbonyl (C=O) groups is 2. The lowest BCUT2D eigenvalue weighted by atomic mass is 10.1. The van der Waals surface area contributed by atoms with Crippen LogP contribution in [0.15, 0.2) is 97.2 Å². The van der Waals surface area contributed by atoms with Crippen molar-refractivity contribution in [2.45, 2.75) is 103 Å². The van der Waals surface area contributed by atoms with Gasteiger partial charge in [-0.05, 0) is 44.9 Å². The van der Waals surface area contributed by atoms with Gasteiger partial charge in [-0.15, -0.1) is 0 Å². The summed E-state index contributed by atoms with van der Waals surface area (Å²) in [6.45, 7) is 1.93. The number of phosphoric acid groups is 1. The standard InChI is InChI=1S/C38H59O10P/c1-3-5-7-9-11-13-15-17-19-21-23-25-27-29-37(41)45-33-36(34-47-49(43,44)46-32-35(40)31-39)48-38(42)30-28-26-24-22-20-18-16-14-12-10-8-6-4-2/h5-16,18,20,22,24,35-36,39-40H,3-4,17,19,21,23,25-34H2,1-2H3,(H,43,44)/b7-5+,8-6+,11-9+,12-10+,15-13+,16-14+,20-18+,24-22+/t35-,36?/m0/s1. The summed E-state index contributed by atoms with van der Waals surface area (Å²) in [5.41, 5.74) is 0. The molecule has 0 spiro atoms. The van der Waals surface area contributed by atoms with Gasteiger partial charge in [0.1, 0.15) is 12.7 Å². The van der Waals surface area contributed by atoms with E-state index in [1.165, 1.54) is 0 Å². The van der Waals surface area contributed by atoms with Crippen LogP contribution in [0.3, 0.4) is 0 Å². The second-order valence-corrected chi connectivity index (χ2v) is 12.4. The second-order valence-electron chi connectivity index (χ2n) is 11.0. The Labute approximate surface area is 293 Å². The summed E-state index contributed by atoms with van der Waals surface area (Å²) in [5.74, 6) is -1.05. The van der Waals surface area contributed by atoms with Crippen LogP contribution in [0.2, 0.25) is 0 Å². The lowest BCUT2D eigenvalue weighted by Gasteiger charge is -2.20. The monoisotopic (exact) mass is 706 g/mol. The van der Waals surface area contributed by atoms with Gasteiger partial charge in [-0.1, -0.05) is 130 Å². The number of carbonyl (C=O) groups excluding carboxylic acids is 2. The van der Waals surface area contributed by atoms with Gasteiger partial charge in [0.25, 0.3) is 0 Å². The third-order valence-electron chi connectivity index (χ3n) is 6.42. The Morgan fingerprint density at radius 3 is 1.65 bits per heavy atom. The summed E-state index contributed by atoms with van der Waals surface area (Å²) in [6, 6.07) is 0. The largest absolute Gasteiger partial charge is 0.472 e. The molecule has 276 valence electrons. The van der Waals surface area contributed by atoms with Crippen molar-refractivity contribution in [1.29, 1.82) is 0 Å². The molecule has 2 unspecified atom stereocenters. The van der Waals surface area contributed by atoms with Crippen molar-refractivity contribution < 1.29 is 47.8 Å². The van der Waals surface area contributed by atoms with E-state index in [0.29, 0.717) is 19.3 Å². The first-order chi connectivity index (χ1) is 23.7. The molecule has 0 radical (unpaired) electrons. The van der Waals surface area contributed by atoms with Gasteiger partial charge >= 0.3 is 19.8 Å². The van der Waals surface area contributed by atoms with E-state index in [1.807, 2.05) is 79.0 Å². The van der Waals surface area contributed by atoms with E-state index in [2.05, 4.69) is 36.6 Å². The minimum Gasteiger partial charge on any atom is -0.462 e. The minimum absolute atomic E-state index is 0.0766. The lowest BCUT2D eigenvalue weighted by molar-refractivity contribution is -0.161. The molecule has 0 aliphatic rings. The zero-order valence-electron chi connectivity index (χ0n) is 29.4. The smallest absolute Gasteiger partial charge is 0.462 e. The lowest BCUT2D eigenvalue weighted by Crippen LogP contribution is -2.29. The summed E-state index contributed by atoms with van der Waals surface area (Å²) >= 11 is 0. The predicted molar refractivity (Wildman–Crippen MR) is 196 cm³/mol. The zero-order valence-corrected chi connectivity index (χ0v) is 30.2. The van der Waals surface area contributed by atoms with Crippen molar-refractivity contribution in [2.75, 3.05) is 26.4 Å².